The summed E-state index contributed by atoms with van der Waals surface area (Å²) in [5, 5.41) is 6.42. The lowest BCUT2D eigenvalue weighted by molar-refractivity contribution is 0.0827. The molecule has 7 heteroatoms. The van der Waals surface area contributed by atoms with Crippen molar-refractivity contribution in [2.45, 2.75) is 56.5 Å². The third-order valence-electron chi connectivity index (χ3n) is 5.76. The Kier molecular flexibility index (Phi) is 4.37. The maximum Gasteiger partial charge on any atom is 0.270 e. The average molecular weight is 365 g/mol. The van der Waals surface area contributed by atoms with Crippen LogP contribution in [-0.2, 0) is 0 Å². The number of rotatable bonds is 4. The van der Waals surface area contributed by atoms with Crippen LogP contribution in [0.5, 0.6) is 0 Å². The van der Waals surface area contributed by atoms with Crippen molar-refractivity contribution in [2.75, 3.05) is 0 Å². The van der Waals surface area contributed by atoms with Crippen LogP contribution in [0.1, 0.15) is 65.2 Å². The minimum atomic E-state index is -0.284. The second-order valence-electron chi connectivity index (χ2n) is 7.76. The molecular weight excluding hydrogens is 342 g/mol. The fraction of sp³-hybridized carbons (Fsp3) is 0.450. The van der Waals surface area contributed by atoms with Gasteiger partial charge in [-0.1, -0.05) is 6.07 Å². The Morgan fingerprint density at radius 1 is 0.963 bits per heavy atom. The molecule has 0 saturated heterocycles. The number of aryl methyl sites for hydroxylation is 1. The molecule has 27 heavy (non-hydrogen) atoms. The van der Waals surface area contributed by atoms with Crippen LogP contribution < -0.4 is 10.6 Å². The molecule has 2 atom stereocenters. The van der Waals surface area contributed by atoms with Crippen molar-refractivity contribution in [1.82, 2.24) is 25.6 Å². The van der Waals surface area contributed by atoms with E-state index in [1.54, 1.807) is 18.3 Å². The van der Waals surface area contributed by atoms with Crippen molar-refractivity contribution in [2.24, 2.45) is 0 Å². The van der Waals surface area contributed by atoms with E-state index in [2.05, 4.69) is 25.6 Å². The molecule has 2 amide bonds. The normalized spacial score (nSPS) is 26.4. The molecule has 2 fully saturated rings. The summed E-state index contributed by atoms with van der Waals surface area (Å²) in [6.45, 7) is 1.87. The number of hydrogen-bond acceptors (Lipinski definition) is 5. The van der Waals surface area contributed by atoms with Gasteiger partial charge < -0.3 is 10.6 Å². The van der Waals surface area contributed by atoms with E-state index in [9.17, 15) is 9.59 Å². The van der Waals surface area contributed by atoms with Crippen LogP contribution in [0.2, 0.25) is 0 Å². The van der Waals surface area contributed by atoms with E-state index in [4.69, 9.17) is 0 Å². The summed E-state index contributed by atoms with van der Waals surface area (Å²) in [5.41, 5.74) is 1.07. The van der Waals surface area contributed by atoms with Gasteiger partial charge in [0.25, 0.3) is 11.8 Å². The number of aromatic nitrogens is 3. The zero-order valence-corrected chi connectivity index (χ0v) is 15.4. The summed E-state index contributed by atoms with van der Waals surface area (Å²) >= 11 is 0. The predicted molar refractivity (Wildman–Crippen MR) is 99.1 cm³/mol. The quantitative estimate of drug-likeness (QED) is 0.866. The van der Waals surface area contributed by atoms with Gasteiger partial charge in [0.05, 0.1) is 0 Å². The molecule has 2 aromatic rings. The largest absolute Gasteiger partial charge is 0.345 e. The molecule has 2 heterocycles. The number of carbonyl (C=O) groups is 2. The Morgan fingerprint density at radius 3 is 2.30 bits per heavy atom. The number of nitrogens with one attached hydrogen (secondary N) is 2. The highest BCUT2D eigenvalue weighted by molar-refractivity contribution is 5.93. The van der Waals surface area contributed by atoms with Gasteiger partial charge in [-0.25, -0.2) is 15.0 Å². The topological polar surface area (TPSA) is 96.9 Å². The molecule has 2 aromatic heterocycles. The predicted octanol–water partition coefficient (Wildman–Crippen LogP) is 2.19. The van der Waals surface area contributed by atoms with Crippen LogP contribution >= 0.6 is 0 Å². The first-order chi connectivity index (χ1) is 13.0. The Balaban J connectivity index is 1.48. The van der Waals surface area contributed by atoms with Crippen LogP contribution in [0.3, 0.4) is 0 Å². The molecule has 7 nitrogen and oxygen atoms in total. The van der Waals surface area contributed by atoms with E-state index in [0.29, 0.717) is 11.4 Å². The molecule has 140 valence electrons. The van der Waals surface area contributed by atoms with Crippen LogP contribution in [0.15, 0.2) is 36.8 Å². The standard InChI is InChI=1S/C20H23N5O2/c1-14-4-2-5-16(23-14)18(27)25-20-8-3-7-19(12-20,9-10-20)24-17(26)15-6-11-21-13-22-15/h2,4-6,11,13H,3,7-10,12H2,1H3,(H,24,26)(H,25,27)/t19-,20?/m0/s1. The van der Waals surface area contributed by atoms with Crippen LogP contribution in [-0.4, -0.2) is 37.8 Å². The minimum absolute atomic E-state index is 0.140. The summed E-state index contributed by atoms with van der Waals surface area (Å²) in [7, 11) is 0. The number of hydrogen-bond donors (Lipinski definition) is 2. The molecule has 2 aliphatic carbocycles. The van der Waals surface area contributed by atoms with Crippen LogP contribution in [0.4, 0.5) is 0 Å². The lowest BCUT2D eigenvalue weighted by Gasteiger charge is -2.40. The number of fused-ring (bicyclic) bond motifs is 2. The smallest absolute Gasteiger partial charge is 0.270 e. The van der Waals surface area contributed by atoms with Crippen molar-refractivity contribution in [1.29, 1.82) is 0 Å². The number of nitrogens with zero attached hydrogens (tertiary/aromatic N) is 3. The van der Waals surface area contributed by atoms with Gasteiger partial charge in [-0.15, -0.1) is 0 Å². The molecule has 2 bridgehead atoms. The summed E-state index contributed by atoms with van der Waals surface area (Å²) in [5.74, 6) is -0.319. The maximum absolute atomic E-state index is 12.7. The van der Waals surface area contributed by atoms with Crippen LogP contribution in [0.25, 0.3) is 0 Å². The van der Waals surface area contributed by atoms with Gasteiger partial charge in [0.2, 0.25) is 0 Å². The average Bonchev–Trinajstić information content (AvgIpc) is 2.92. The SMILES string of the molecule is Cc1cccc(C(=O)NC23CCC[C@](NC(=O)c4ccncn4)(CC2)C3)n1. The van der Waals surface area contributed by atoms with E-state index in [1.807, 2.05) is 19.1 Å². The molecule has 2 saturated carbocycles. The van der Waals surface area contributed by atoms with Crippen molar-refractivity contribution in [3.63, 3.8) is 0 Å². The van der Waals surface area contributed by atoms with Gasteiger partial charge in [0.15, 0.2) is 0 Å². The fourth-order valence-corrected chi connectivity index (χ4v) is 4.54. The Morgan fingerprint density at radius 2 is 1.67 bits per heavy atom. The van der Waals surface area contributed by atoms with Crippen molar-refractivity contribution < 1.29 is 9.59 Å². The number of carbonyl (C=O) groups excluding carboxylic acids is 2. The summed E-state index contributed by atoms with van der Waals surface area (Å²) in [6, 6.07) is 7.07. The summed E-state index contributed by atoms with van der Waals surface area (Å²) in [6.07, 6.45) is 8.20. The highest BCUT2D eigenvalue weighted by Gasteiger charge is 2.52. The first-order valence-corrected chi connectivity index (χ1v) is 9.34. The van der Waals surface area contributed by atoms with Gasteiger partial charge in [-0.2, -0.15) is 0 Å². The number of amides is 2. The lowest BCUT2D eigenvalue weighted by atomic mass is 9.78. The zero-order valence-electron chi connectivity index (χ0n) is 15.4. The molecular formula is C20H23N5O2. The van der Waals surface area contributed by atoms with E-state index in [-0.39, 0.29) is 22.9 Å². The van der Waals surface area contributed by atoms with Crippen molar-refractivity contribution >= 4 is 11.8 Å². The Hall–Kier alpha value is -2.83. The van der Waals surface area contributed by atoms with Crippen molar-refractivity contribution in [3.05, 3.63) is 53.9 Å². The van der Waals surface area contributed by atoms with E-state index < -0.39 is 0 Å². The molecule has 0 radical (unpaired) electrons. The molecule has 4 rings (SSSR count). The Bertz CT molecular complexity index is 872. The first-order valence-electron chi connectivity index (χ1n) is 9.34. The van der Waals surface area contributed by atoms with Gasteiger partial charge in [0.1, 0.15) is 17.7 Å². The number of pyridine rings is 1. The third kappa shape index (κ3) is 3.54. The zero-order chi connectivity index (χ0) is 18.9. The molecule has 2 aliphatic rings. The Labute approximate surface area is 158 Å². The second kappa shape index (κ2) is 6.72. The monoisotopic (exact) mass is 365 g/mol. The van der Waals surface area contributed by atoms with Gasteiger partial charge in [0, 0.05) is 23.0 Å². The molecule has 0 spiro atoms. The summed E-state index contributed by atoms with van der Waals surface area (Å²) < 4.78 is 0. The molecule has 2 N–H and O–H groups in total. The first kappa shape index (κ1) is 17.6. The van der Waals surface area contributed by atoms with E-state index in [0.717, 1.165) is 44.2 Å². The lowest BCUT2D eigenvalue weighted by Crippen LogP contribution is -2.55. The van der Waals surface area contributed by atoms with E-state index >= 15 is 0 Å². The highest BCUT2D eigenvalue weighted by atomic mass is 16.2. The van der Waals surface area contributed by atoms with Crippen molar-refractivity contribution in [3.8, 4) is 0 Å². The molecule has 0 aliphatic heterocycles. The van der Waals surface area contributed by atoms with Gasteiger partial charge in [-0.05, 0) is 63.6 Å². The second-order valence-corrected chi connectivity index (χ2v) is 7.76. The summed E-state index contributed by atoms with van der Waals surface area (Å²) in [4.78, 5) is 37.5. The highest BCUT2D eigenvalue weighted by Crippen LogP contribution is 2.48. The molecule has 0 aromatic carbocycles. The van der Waals surface area contributed by atoms with Crippen LogP contribution in [0, 0.1) is 6.92 Å². The van der Waals surface area contributed by atoms with Gasteiger partial charge in [-0.3, -0.25) is 9.59 Å². The fourth-order valence-electron chi connectivity index (χ4n) is 4.54. The minimum Gasteiger partial charge on any atom is -0.345 e. The van der Waals surface area contributed by atoms with Gasteiger partial charge >= 0.3 is 0 Å². The maximum atomic E-state index is 12.7. The third-order valence-corrected chi connectivity index (χ3v) is 5.76. The van der Waals surface area contributed by atoms with E-state index in [1.165, 1.54) is 6.33 Å². The molecule has 1 unspecified atom stereocenters.